The lowest BCUT2D eigenvalue weighted by molar-refractivity contribution is 0.577. The van der Waals surface area contributed by atoms with E-state index in [0.29, 0.717) is 12.1 Å². The minimum atomic E-state index is -0.251. The van der Waals surface area contributed by atoms with Gasteiger partial charge in [0.05, 0.1) is 12.2 Å². The van der Waals surface area contributed by atoms with Crippen molar-refractivity contribution >= 4 is 0 Å². The number of pyridine rings is 1. The third-order valence-corrected chi connectivity index (χ3v) is 3.70. The Morgan fingerprint density at radius 3 is 2.54 bits per heavy atom. The van der Waals surface area contributed by atoms with Gasteiger partial charge in [-0.25, -0.2) is 13.8 Å². The first-order valence-corrected chi connectivity index (χ1v) is 7.54. The monoisotopic (exact) mass is 319 g/mol. The van der Waals surface area contributed by atoms with Crippen molar-refractivity contribution in [3.63, 3.8) is 0 Å². The lowest BCUT2D eigenvalue weighted by atomic mass is 10.2. The summed E-state index contributed by atoms with van der Waals surface area (Å²) in [6.45, 7) is 0.314. The van der Waals surface area contributed by atoms with Gasteiger partial charge in [-0.2, -0.15) is 10.2 Å². The predicted molar refractivity (Wildman–Crippen MR) is 88.1 cm³/mol. The number of hydrogen-bond acceptors (Lipinski definition) is 3. The smallest absolute Gasteiger partial charge is 0.152 e. The van der Waals surface area contributed by atoms with E-state index in [1.807, 2.05) is 42.6 Å². The van der Waals surface area contributed by atoms with E-state index in [0.717, 1.165) is 17.2 Å². The predicted octanol–water partition coefficient (Wildman–Crippen LogP) is 3.32. The maximum atomic E-state index is 14.0. The summed E-state index contributed by atoms with van der Waals surface area (Å²) in [7, 11) is 0. The number of aromatic nitrogens is 5. The van der Waals surface area contributed by atoms with Gasteiger partial charge in [0.1, 0.15) is 11.5 Å². The molecule has 0 bridgehead atoms. The van der Waals surface area contributed by atoms with Crippen molar-refractivity contribution in [2.45, 2.75) is 6.54 Å². The highest BCUT2D eigenvalue weighted by molar-refractivity contribution is 5.56. The van der Waals surface area contributed by atoms with Gasteiger partial charge in [0.15, 0.2) is 5.82 Å². The molecule has 0 aliphatic carbocycles. The lowest BCUT2D eigenvalue weighted by Crippen LogP contribution is -2.10. The van der Waals surface area contributed by atoms with Gasteiger partial charge in [-0.1, -0.05) is 24.3 Å². The van der Waals surface area contributed by atoms with E-state index in [1.54, 1.807) is 33.9 Å². The van der Waals surface area contributed by atoms with Gasteiger partial charge < -0.3 is 0 Å². The molecule has 0 amide bonds. The number of rotatable bonds is 4. The Labute approximate surface area is 138 Å². The van der Waals surface area contributed by atoms with Crippen molar-refractivity contribution in [1.82, 2.24) is 24.5 Å². The standard InChI is InChI=1S/C18H14FN5/c19-15-7-2-1-6-14(15)13-24-18(23-11-5-10-21-23)12-17(22-24)16-8-3-4-9-20-16/h1-12H,13H2. The molecule has 0 saturated heterocycles. The Hall–Kier alpha value is -3.28. The topological polar surface area (TPSA) is 48.5 Å². The van der Waals surface area contributed by atoms with Crippen LogP contribution in [0.2, 0.25) is 0 Å². The molecule has 0 atom stereocenters. The van der Waals surface area contributed by atoms with Gasteiger partial charge in [0.25, 0.3) is 0 Å². The number of halogens is 1. The Morgan fingerprint density at radius 1 is 0.917 bits per heavy atom. The second kappa shape index (κ2) is 6.08. The molecule has 24 heavy (non-hydrogen) atoms. The molecule has 0 saturated carbocycles. The summed E-state index contributed by atoms with van der Waals surface area (Å²) in [6.07, 6.45) is 5.25. The molecular weight excluding hydrogens is 305 g/mol. The summed E-state index contributed by atoms with van der Waals surface area (Å²) >= 11 is 0. The fourth-order valence-electron chi connectivity index (χ4n) is 2.54. The van der Waals surface area contributed by atoms with Crippen LogP contribution in [-0.4, -0.2) is 24.5 Å². The Kier molecular flexibility index (Phi) is 3.63. The van der Waals surface area contributed by atoms with Crippen molar-refractivity contribution in [3.05, 3.63) is 84.6 Å². The van der Waals surface area contributed by atoms with E-state index in [9.17, 15) is 4.39 Å². The number of hydrogen-bond donors (Lipinski definition) is 0. The van der Waals surface area contributed by atoms with Crippen molar-refractivity contribution < 1.29 is 4.39 Å². The highest BCUT2D eigenvalue weighted by Crippen LogP contribution is 2.20. The molecule has 4 aromatic rings. The van der Waals surface area contributed by atoms with Crippen LogP contribution in [0, 0.1) is 5.82 Å². The van der Waals surface area contributed by atoms with Crippen LogP contribution in [-0.2, 0) is 6.54 Å². The Morgan fingerprint density at radius 2 is 1.79 bits per heavy atom. The second-order valence-electron chi connectivity index (χ2n) is 5.30. The summed E-state index contributed by atoms with van der Waals surface area (Å²) in [5.74, 6) is 0.503. The quantitative estimate of drug-likeness (QED) is 0.580. The fraction of sp³-hybridized carbons (Fsp3) is 0.0556. The fourth-order valence-corrected chi connectivity index (χ4v) is 2.54. The molecule has 6 heteroatoms. The molecule has 118 valence electrons. The maximum absolute atomic E-state index is 14.0. The van der Waals surface area contributed by atoms with Crippen molar-refractivity contribution in [2.75, 3.05) is 0 Å². The molecule has 4 rings (SSSR count). The molecule has 5 nitrogen and oxygen atoms in total. The highest BCUT2D eigenvalue weighted by atomic mass is 19.1. The van der Waals surface area contributed by atoms with Crippen LogP contribution < -0.4 is 0 Å². The Bertz CT molecular complexity index is 945. The van der Waals surface area contributed by atoms with Crippen molar-refractivity contribution in [3.8, 4) is 17.2 Å². The van der Waals surface area contributed by atoms with E-state index in [2.05, 4.69) is 15.2 Å². The minimum Gasteiger partial charge on any atom is -0.255 e. The zero-order valence-electron chi connectivity index (χ0n) is 12.7. The van der Waals surface area contributed by atoms with Crippen LogP contribution in [0.25, 0.3) is 17.2 Å². The van der Waals surface area contributed by atoms with E-state index in [-0.39, 0.29) is 5.82 Å². The van der Waals surface area contributed by atoms with Crippen LogP contribution in [0.15, 0.2) is 73.2 Å². The third-order valence-electron chi connectivity index (χ3n) is 3.70. The summed E-state index contributed by atoms with van der Waals surface area (Å²) < 4.78 is 17.4. The summed E-state index contributed by atoms with van der Waals surface area (Å²) in [6, 6.07) is 16.1. The minimum absolute atomic E-state index is 0.251. The molecule has 0 N–H and O–H groups in total. The van der Waals surface area contributed by atoms with Gasteiger partial charge in [-0.15, -0.1) is 0 Å². The summed E-state index contributed by atoms with van der Waals surface area (Å²) in [5, 5.41) is 8.86. The zero-order chi connectivity index (χ0) is 16.4. The zero-order valence-corrected chi connectivity index (χ0v) is 12.7. The van der Waals surface area contributed by atoms with Crippen LogP contribution in [0.1, 0.15) is 5.56 Å². The molecule has 3 aromatic heterocycles. The molecule has 0 aliphatic heterocycles. The van der Waals surface area contributed by atoms with Gasteiger partial charge in [0, 0.05) is 30.2 Å². The molecular formula is C18H14FN5. The SMILES string of the molecule is Fc1ccccc1Cn1nc(-c2ccccn2)cc1-n1cccn1. The third kappa shape index (κ3) is 2.69. The molecule has 0 aliphatic rings. The van der Waals surface area contributed by atoms with E-state index < -0.39 is 0 Å². The average molecular weight is 319 g/mol. The van der Waals surface area contributed by atoms with Crippen LogP contribution in [0.5, 0.6) is 0 Å². The van der Waals surface area contributed by atoms with E-state index in [1.165, 1.54) is 6.07 Å². The largest absolute Gasteiger partial charge is 0.255 e. The first-order chi connectivity index (χ1) is 11.8. The molecule has 0 spiro atoms. The molecule has 1 aromatic carbocycles. The Balaban J connectivity index is 1.80. The molecule has 0 fully saturated rings. The van der Waals surface area contributed by atoms with Crippen LogP contribution in [0.4, 0.5) is 4.39 Å². The summed E-state index contributed by atoms with van der Waals surface area (Å²) in [4.78, 5) is 4.33. The molecule has 3 heterocycles. The normalized spacial score (nSPS) is 10.9. The highest BCUT2D eigenvalue weighted by Gasteiger charge is 2.14. The van der Waals surface area contributed by atoms with Gasteiger partial charge in [0.2, 0.25) is 0 Å². The number of benzene rings is 1. The van der Waals surface area contributed by atoms with Crippen molar-refractivity contribution in [2.24, 2.45) is 0 Å². The van der Waals surface area contributed by atoms with Crippen molar-refractivity contribution in [1.29, 1.82) is 0 Å². The second-order valence-corrected chi connectivity index (χ2v) is 5.30. The number of nitrogens with zero attached hydrogens (tertiary/aromatic N) is 5. The van der Waals surface area contributed by atoms with Gasteiger partial charge in [-0.3, -0.25) is 4.98 Å². The molecule has 0 radical (unpaired) electrons. The first kappa shape index (κ1) is 14.3. The lowest BCUT2D eigenvalue weighted by Gasteiger charge is -2.08. The van der Waals surface area contributed by atoms with E-state index in [4.69, 9.17) is 0 Å². The van der Waals surface area contributed by atoms with Gasteiger partial charge in [-0.05, 0) is 24.3 Å². The summed E-state index contributed by atoms with van der Waals surface area (Å²) in [5.41, 5.74) is 2.05. The maximum Gasteiger partial charge on any atom is 0.152 e. The first-order valence-electron chi connectivity index (χ1n) is 7.54. The van der Waals surface area contributed by atoms with Crippen LogP contribution in [0.3, 0.4) is 0 Å². The van der Waals surface area contributed by atoms with Crippen LogP contribution >= 0.6 is 0 Å². The molecule has 0 unspecified atom stereocenters. The average Bonchev–Trinajstić information content (AvgIpc) is 3.27. The van der Waals surface area contributed by atoms with Gasteiger partial charge >= 0.3 is 0 Å². The van der Waals surface area contributed by atoms with E-state index >= 15 is 0 Å².